The zero-order chi connectivity index (χ0) is 19.5. The lowest BCUT2D eigenvalue weighted by Gasteiger charge is -2.30. The summed E-state index contributed by atoms with van der Waals surface area (Å²) in [5.74, 6) is 0.585. The first-order chi connectivity index (χ1) is 13.6. The van der Waals surface area contributed by atoms with Gasteiger partial charge >= 0.3 is 0 Å². The minimum absolute atomic E-state index is 0.00996. The third-order valence-corrected chi connectivity index (χ3v) is 6.61. The van der Waals surface area contributed by atoms with Crippen LogP contribution >= 0.6 is 22.9 Å². The van der Waals surface area contributed by atoms with E-state index in [2.05, 4.69) is 17.4 Å². The number of amides is 1. The Balaban J connectivity index is 1.47. The Labute approximate surface area is 173 Å². The van der Waals surface area contributed by atoms with Gasteiger partial charge in [-0.3, -0.25) is 4.79 Å². The van der Waals surface area contributed by atoms with E-state index >= 15 is 0 Å². The van der Waals surface area contributed by atoms with Crippen molar-refractivity contribution in [3.63, 3.8) is 0 Å². The van der Waals surface area contributed by atoms with Crippen molar-refractivity contribution in [2.24, 2.45) is 0 Å². The Morgan fingerprint density at radius 3 is 2.96 bits per heavy atom. The molecule has 0 radical (unpaired) electrons. The van der Waals surface area contributed by atoms with Crippen molar-refractivity contribution >= 4 is 44.7 Å². The molecule has 1 amide bonds. The number of carbonyl (C=O) groups excluding carboxylic acids is 1. The number of carbonyl (C=O) groups is 1. The average molecular weight is 417 g/mol. The second kappa shape index (κ2) is 8.47. The largest absolute Gasteiger partial charge is 0.495 e. The van der Waals surface area contributed by atoms with Crippen LogP contribution in [0.3, 0.4) is 0 Å². The zero-order valence-electron chi connectivity index (χ0n) is 15.7. The topological polar surface area (TPSA) is 55.7 Å². The van der Waals surface area contributed by atoms with E-state index < -0.39 is 0 Å². The molecule has 0 saturated carbocycles. The van der Waals surface area contributed by atoms with Crippen LogP contribution < -0.4 is 15.0 Å². The molecule has 3 aromatic rings. The first-order valence-electron chi connectivity index (χ1n) is 9.47. The molecule has 1 saturated heterocycles. The number of ether oxygens (including phenoxy) is 1. The SMILES string of the molecule is COc1ccc(NC(=O)C[NH+]2CCCC[C@@H]2c2nc3ccccc3s2)cc1Cl. The summed E-state index contributed by atoms with van der Waals surface area (Å²) in [6, 6.07) is 13.8. The molecule has 0 bridgehead atoms. The average Bonchev–Trinajstić information content (AvgIpc) is 3.12. The van der Waals surface area contributed by atoms with Gasteiger partial charge < -0.3 is 15.0 Å². The summed E-state index contributed by atoms with van der Waals surface area (Å²) >= 11 is 7.91. The smallest absolute Gasteiger partial charge is 0.279 e. The molecule has 1 unspecified atom stereocenters. The monoisotopic (exact) mass is 416 g/mol. The van der Waals surface area contributed by atoms with E-state index in [1.165, 1.54) is 16.0 Å². The molecule has 4 rings (SSSR count). The van der Waals surface area contributed by atoms with Crippen molar-refractivity contribution in [3.8, 4) is 5.75 Å². The highest BCUT2D eigenvalue weighted by molar-refractivity contribution is 7.18. The van der Waals surface area contributed by atoms with Gasteiger partial charge in [-0.2, -0.15) is 0 Å². The molecule has 146 valence electrons. The van der Waals surface area contributed by atoms with E-state index in [4.69, 9.17) is 21.3 Å². The summed E-state index contributed by atoms with van der Waals surface area (Å²) in [5.41, 5.74) is 1.73. The number of aromatic nitrogens is 1. The zero-order valence-corrected chi connectivity index (χ0v) is 17.3. The van der Waals surface area contributed by atoms with Crippen LogP contribution in [0.15, 0.2) is 42.5 Å². The van der Waals surface area contributed by atoms with E-state index in [0.717, 1.165) is 29.9 Å². The third-order valence-electron chi connectivity index (χ3n) is 5.17. The molecule has 2 atom stereocenters. The van der Waals surface area contributed by atoms with E-state index in [-0.39, 0.29) is 11.9 Å². The summed E-state index contributed by atoms with van der Waals surface area (Å²) in [6.45, 7) is 1.40. The van der Waals surface area contributed by atoms with Crippen LogP contribution in [-0.4, -0.2) is 31.1 Å². The van der Waals surface area contributed by atoms with Gasteiger partial charge in [0.2, 0.25) is 0 Å². The van der Waals surface area contributed by atoms with E-state index in [0.29, 0.717) is 23.0 Å². The number of hydrogen-bond acceptors (Lipinski definition) is 4. The predicted octanol–water partition coefficient (Wildman–Crippen LogP) is 3.71. The Hall–Kier alpha value is -2.15. The lowest BCUT2D eigenvalue weighted by molar-refractivity contribution is -0.929. The molecule has 0 spiro atoms. The van der Waals surface area contributed by atoms with E-state index in [1.54, 1.807) is 36.6 Å². The fraction of sp³-hybridized carbons (Fsp3) is 0.333. The first kappa shape index (κ1) is 19.2. The van der Waals surface area contributed by atoms with Crippen LogP contribution in [0.1, 0.15) is 30.3 Å². The van der Waals surface area contributed by atoms with Gasteiger partial charge in [-0.1, -0.05) is 23.7 Å². The Bertz CT molecular complexity index is 958. The Morgan fingerprint density at radius 2 is 2.18 bits per heavy atom. The van der Waals surface area contributed by atoms with E-state index in [1.807, 2.05) is 12.1 Å². The minimum atomic E-state index is -0.00996. The number of likely N-dealkylation sites (tertiary alicyclic amines) is 1. The number of benzene rings is 2. The summed E-state index contributed by atoms with van der Waals surface area (Å²) < 4.78 is 6.37. The number of thiazole rings is 1. The van der Waals surface area contributed by atoms with Crippen molar-refractivity contribution in [2.45, 2.75) is 25.3 Å². The number of para-hydroxylation sites is 1. The molecule has 2 heterocycles. The predicted molar refractivity (Wildman–Crippen MR) is 114 cm³/mol. The highest BCUT2D eigenvalue weighted by Gasteiger charge is 2.31. The fourth-order valence-corrected chi connectivity index (χ4v) is 5.20. The summed E-state index contributed by atoms with van der Waals surface area (Å²) in [4.78, 5) is 18.8. The normalized spacial score (nSPS) is 19.5. The van der Waals surface area contributed by atoms with Crippen molar-refractivity contribution < 1.29 is 14.4 Å². The number of anilines is 1. The van der Waals surface area contributed by atoms with Gasteiger partial charge in [0, 0.05) is 12.1 Å². The van der Waals surface area contributed by atoms with Crippen molar-refractivity contribution in [1.29, 1.82) is 0 Å². The molecule has 28 heavy (non-hydrogen) atoms. The quantitative estimate of drug-likeness (QED) is 0.666. The summed E-state index contributed by atoms with van der Waals surface area (Å²) in [5, 5.41) is 4.58. The molecular formula is C21H23ClN3O2S+. The van der Waals surface area contributed by atoms with Crippen LogP contribution in [0.25, 0.3) is 10.2 Å². The van der Waals surface area contributed by atoms with Crippen molar-refractivity contribution in [2.75, 3.05) is 25.5 Å². The molecule has 1 aliphatic rings. The van der Waals surface area contributed by atoms with Gasteiger partial charge in [0.15, 0.2) is 11.6 Å². The number of rotatable bonds is 5. The van der Waals surface area contributed by atoms with Gasteiger partial charge in [-0.15, -0.1) is 11.3 Å². The van der Waals surface area contributed by atoms with Crippen LogP contribution in [-0.2, 0) is 4.79 Å². The van der Waals surface area contributed by atoms with Gasteiger partial charge in [0.05, 0.1) is 28.9 Å². The van der Waals surface area contributed by atoms with Gasteiger partial charge in [0.25, 0.3) is 5.91 Å². The number of halogens is 1. The number of nitrogens with one attached hydrogen (secondary N) is 2. The Morgan fingerprint density at radius 1 is 1.32 bits per heavy atom. The molecule has 2 N–H and O–H groups in total. The lowest BCUT2D eigenvalue weighted by atomic mass is 10.0. The summed E-state index contributed by atoms with van der Waals surface area (Å²) in [6.07, 6.45) is 3.38. The van der Waals surface area contributed by atoms with Crippen molar-refractivity contribution in [1.82, 2.24) is 4.98 Å². The number of hydrogen-bond donors (Lipinski definition) is 2. The second-order valence-electron chi connectivity index (χ2n) is 7.05. The molecule has 1 aromatic heterocycles. The number of quaternary nitrogens is 1. The molecule has 1 fully saturated rings. The molecule has 1 aliphatic heterocycles. The molecule has 2 aromatic carbocycles. The third kappa shape index (κ3) is 4.14. The maximum absolute atomic E-state index is 12.7. The highest BCUT2D eigenvalue weighted by Crippen LogP contribution is 2.29. The fourth-order valence-electron chi connectivity index (χ4n) is 3.78. The molecular weight excluding hydrogens is 394 g/mol. The van der Waals surface area contributed by atoms with Gasteiger partial charge in [0.1, 0.15) is 11.8 Å². The minimum Gasteiger partial charge on any atom is -0.495 e. The van der Waals surface area contributed by atoms with E-state index in [9.17, 15) is 4.79 Å². The number of fused-ring (bicyclic) bond motifs is 1. The van der Waals surface area contributed by atoms with Crippen LogP contribution in [0.2, 0.25) is 5.02 Å². The second-order valence-corrected chi connectivity index (χ2v) is 8.52. The van der Waals surface area contributed by atoms with Crippen LogP contribution in [0.4, 0.5) is 5.69 Å². The van der Waals surface area contributed by atoms with Crippen molar-refractivity contribution in [3.05, 3.63) is 52.5 Å². The standard InChI is InChI=1S/C21H22ClN3O2S/c1-27-18-10-9-14(12-15(18)22)23-20(26)13-25-11-5-4-7-17(25)21-24-16-6-2-3-8-19(16)28-21/h2-3,6,8-10,12,17H,4-5,7,11,13H2,1H3,(H,23,26)/p+1/t17-/m1/s1. The maximum Gasteiger partial charge on any atom is 0.279 e. The first-order valence-corrected chi connectivity index (χ1v) is 10.7. The van der Waals surface area contributed by atoms with Gasteiger partial charge in [-0.05, 0) is 43.2 Å². The molecule has 7 heteroatoms. The maximum atomic E-state index is 12.7. The molecule has 0 aliphatic carbocycles. The number of methoxy groups -OCH3 is 1. The molecule has 5 nitrogen and oxygen atoms in total. The van der Waals surface area contributed by atoms with Gasteiger partial charge in [-0.25, -0.2) is 4.98 Å². The van der Waals surface area contributed by atoms with Crippen LogP contribution in [0.5, 0.6) is 5.75 Å². The summed E-state index contributed by atoms with van der Waals surface area (Å²) in [7, 11) is 1.57. The van der Waals surface area contributed by atoms with Crippen LogP contribution in [0, 0.1) is 0 Å². The highest BCUT2D eigenvalue weighted by atomic mass is 35.5. The Kier molecular flexibility index (Phi) is 5.80. The number of nitrogens with zero attached hydrogens (tertiary/aromatic N) is 1. The lowest BCUT2D eigenvalue weighted by Crippen LogP contribution is -3.14. The number of piperidine rings is 1.